The molecule has 0 fully saturated rings. The van der Waals surface area contributed by atoms with Gasteiger partial charge in [0.15, 0.2) is 0 Å². The monoisotopic (exact) mass is 222 g/mol. The Bertz CT molecular complexity index is 387. The molecule has 0 saturated heterocycles. The van der Waals surface area contributed by atoms with Crippen molar-refractivity contribution < 1.29 is 5.11 Å². The van der Waals surface area contributed by atoms with E-state index in [9.17, 15) is 5.11 Å². The van der Waals surface area contributed by atoms with Gasteiger partial charge in [-0.05, 0) is 12.1 Å². The average Bonchev–Trinajstić information content (AvgIpc) is 2.12. The summed E-state index contributed by atoms with van der Waals surface area (Å²) in [6.07, 6.45) is 1.64. The third kappa shape index (κ3) is 1.06. The zero-order valence-electron chi connectivity index (χ0n) is 6.08. The van der Waals surface area contributed by atoms with Gasteiger partial charge in [0.05, 0.1) is 0 Å². The first-order chi connectivity index (χ1) is 5.79. The van der Waals surface area contributed by atoms with Crippen LogP contribution in [0.1, 0.15) is 0 Å². The van der Waals surface area contributed by atoms with Gasteiger partial charge >= 0.3 is 0 Å². The molecule has 1 N–H and O–H groups in total. The first kappa shape index (κ1) is 7.55. The van der Waals surface area contributed by atoms with Crippen molar-refractivity contribution in [2.75, 3.05) is 0 Å². The fourth-order valence-electron chi connectivity index (χ4n) is 1.06. The van der Waals surface area contributed by atoms with Gasteiger partial charge < -0.3 is 5.11 Å². The molecule has 0 unspecified atom stereocenters. The molecule has 2 nitrogen and oxygen atoms in total. The number of phenolic OH excluding ortho intramolecular Hbond substituents is 1. The van der Waals surface area contributed by atoms with Gasteiger partial charge in [0, 0.05) is 22.1 Å². The average molecular weight is 223 g/mol. The summed E-state index contributed by atoms with van der Waals surface area (Å²) in [7, 11) is 0. The Balaban J connectivity index is 2.95. The van der Waals surface area contributed by atoms with E-state index in [-0.39, 0.29) is 5.75 Å². The van der Waals surface area contributed by atoms with Crippen LogP contribution in [0, 0.1) is 6.07 Å². The van der Waals surface area contributed by atoms with Crippen LogP contribution in [0.2, 0.25) is 0 Å². The van der Waals surface area contributed by atoms with Crippen LogP contribution in [-0.4, -0.2) is 10.1 Å². The highest BCUT2D eigenvalue weighted by Gasteiger charge is 2.02. The van der Waals surface area contributed by atoms with Gasteiger partial charge in [-0.15, -0.1) is 0 Å². The molecule has 0 amide bonds. The molecule has 1 aromatic carbocycles. The highest BCUT2D eigenvalue weighted by Crippen LogP contribution is 2.27. The molecule has 1 heterocycles. The number of halogens is 1. The summed E-state index contributed by atoms with van der Waals surface area (Å²) in [5.74, 6) is 0.0915. The van der Waals surface area contributed by atoms with Crippen LogP contribution in [0.5, 0.6) is 5.75 Å². The lowest BCUT2D eigenvalue weighted by Crippen LogP contribution is -1.79. The summed E-state index contributed by atoms with van der Waals surface area (Å²) in [4.78, 5) is 4.03. The Hall–Kier alpha value is -1.09. The van der Waals surface area contributed by atoms with Crippen LogP contribution < -0.4 is 0 Å². The summed E-state index contributed by atoms with van der Waals surface area (Å²) in [6, 6.07) is 8.08. The maximum atomic E-state index is 9.36. The first-order valence-electron chi connectivity index (χ1n) is 3.43. The van der Waals surface area contributed by atoms with Crippen LogP contribution in [0.3, 0.4) is 0 Å². The SMILES string of the molecule is Oc1[c]cc(Br)c2cccnc12. The van der Waals surface area contributed by atoms with E-state index in [0.29, 0.717) is 5.52 Å². The van der Waals surface area contributed by atoms with Gasteiger partial charge in [-0.2, -0.15) is 0 Å². The molecule has 1 radical (unpaired) electrons. The molecule has 59 valence electrons. The van der Waals surface area contributed by atoms with Gasteiger partial charge in [0.1, 0.15) is 11.3 Å². The zero-order valence-corrected chi connectivity index (χ0v) is 7.67. The van der Waals surface area contributed by atoms with E-state index < -0.39 is 0 Å². The predicted octanol–water partition coefficient (Wildman–Crippen LogP) is 2.50. The maximum absolute atomic E-state index is 9.36. The molecular formula is C9H5BrNO. The van der Waals surface area contributed by atoms with E-state index in [1.807, 2.05) is 12.1 Å². The predicted molar refractivity (Wildman–Crippen MR) is 49.9 cm³/mol. The Labute approximate surface area is 78.0 Å². The molecule has 0 bridgehead atoms. The zero-order chi connectivity index (χ0) is 8.55. The second-order valence-corrected chi connectivity index (χ2v) is 3.24. The van der Waals surface area contributed by atoms with Crippen molar-refractivity contribution in [2.24, 2.45) is 0 Å². The van der Waals surface area contributed by atoms with Gasteiger partial charge in [-0.1, -0.05) is 22.0 Å². The quantitative estimate of drug-likeness (QED) is 0.744. The van der Waals surface area contributed by atoms with Crippen molar-refractivity contribution in [2.45, 2.75) is 0 Å². The van der Waals surface area contributed by atoms with E-state index in [2.05, 4.69) is 27.0 Å². The van der Waals surface area contributed by atoms with Gasteiger partial charge in [-0.25, -0.2) is 0 Å². The smallest absolute Gasteiger partial charge is 0.149 e. The molecule has 1 aromatic heterocycles. The Morgan fingerprint density at radius 2 is 2.33 bits per heavy atom. The van der Waals surface area contributed by atoms with Crippen molar-refractivity contribution in [3.05, 3.63) is 34.9 Å². The van der Waals surface area contributed by atoms with Crippen molar-refractivity contribution >= 4 is 26.8 Å². The van der Waals surface area contributed by atoms with E-state index in [0.717, 1.165) is 9.86 Å². The van der Waals surface area contributed by atoms with Gasteiger partial charge in [0.25, 0.3) is 0 Å². The minimum Gasteiger partial charge on any atom is -0.505 e. The molecule has 3 heteroatoms. The number of benzene rings is 1. The molecule has 2 aromatic rings. The molecule has 2 rings (SSSR count). The Morgan fingerprint density at radius 1 is 1.50 bits per heavy atom. The van der Waals surface area contributed by atoms with Crippen molar-refractivity contribution in [3.8, 4) is 5.75 Å². The normalized spacial score (nSPS) is 10.4. The van der Waals surface area contributed by atoms with Crippen molar-refractivity contribution in [1.82, 2.24) is 4.98 Å². The lowest BCUT2D eigenvalue weighted by atomic mass is 10.2. The molecular weight excluding hydrogens is 218 g/mol. The summed E-state index contributed by atoms with van der Waals surface area (Å²) in [5, 5.41) is 10.3. The number of fused-ring (bicyclic) bond motifs is 1. The van der Waals surface area contributed by atoms with E-state index >= 15 is 0 Å². The van der Waals surface area contributed by atoms with Crippen molar-refractivity contribution in [1.29, 1.82) is 0 Å². The number of aromatic hydroxyl groups is 1. The number of hydrogen-bond donors (Lipinski definition) is 1. The van der Waals surface area contributed by atoms with Crippen molar-refractivity contribution in [3.63, 3.8) is 0 Å². The summed E-state index contributed by atoms with van der Waals surface area (Å²) < 4.78 is 0.892. The number of nitrogens with zero attached hydrogens (tertiary/aromatic N) is 1. The fraction of sp³-hybridized carbons (Fsp3) is 0. The summed E-state index contributed by atoms with van der Waals surface area (Å²) >= 11 is 3.35. The fourth-order valence-corrected chi connectivity index (χ4v) is 1.50. The number of phenols is 1. The minimum absolute atomic E-state index is 0.0915. The second-order valence-electron chi connectivity index (χ2n) is 2.38. The lowest BCUT2D eigenvalue weighted by Gasteiger charge is -1.99. The number of hydrogen-bond acceptors (Lipinski definition) is 2. The van der Waals surface area contributed by atoms with Crippen LogP contribution in [-0.2, 0) is 0 Å². The van der Waals surface area contributed by atoms with Gasteiger partial charge in [0.2, 0.25) is 0 Å². The van der Waals surface area contributed by atoms with Crippen LogP contribution in [0.15, 0.2) is 28.9 Å². The highest BCUT2D eigenvalue weighted by atomic mass is 79.9. The minimum atomic E-state index is 0.0915. The molecule has 12 heavy (non-hydrogen) atoms. The number of aromatic nitrogens is 1. The highest BCUT2D eigenvalue weighted by molar-refractivity contribution is 9.10. The summed E-state index contributed by atoms with van der Waals surface area (Å²) in [6.45, 7) is 0. The van der Waals surface area contributed by atoms with Crippen LogP contribution in [0.4, 0.5) is 0 Å². The topological polar surface area (TPSA) is 33.1 Å². The summed E-state index contributed by atoms with van der Waals surface area (Å²) in [5.41, 5.74) is 0.576. The molecule has 0 saturated carbocycles. The first-order valence-corrected chi connectivity index (χ1v) is 4.22. The van der Waals surface area contributed by atoms with E-state index in [1.54, 1.807) is 12.3 Å². The number of rotatable bonds is 0. The Morgan fingerprint density at radius 3 is 3.08 bits per heavy atom. The van der Waals surface area contributed by atoms with Gasteiger partial charge in [-0.3, -0.25) is 4.98 Å². The molecule has 0 atom stereocenters. The molecule has 0 spiro atoms. The second kappa shape index (κ2) is 2.75. The van der Waals surface area contributed by atoms with E-state index in [1.165, 1.54) is 0 Å². The largest absolute Gasteiger partial charge is 0.505 e. The third-order valence-corrected chi connectivity index (χ3v) is 2.28. The molecule has 0 aliphatic heterocycles. The Kier molecular flexibility index (Phi) is 1.73. The standard InChI is InChI=1S/C9H5BrNO/c10-7-3-4-8(12)9-6(7)2-1-5-11-9/h1-3,5,12H. The molecule has 0 aliphatic rings. The number of pyridine rings is 1. The third-order valence-electron chi connectivity index (χ3n) is 1.62. The maximum Gasteiger partial charge on any atom is 0.149 e. The lowest BCUT2D eigenvalue weighted by molar-refractivity contribution is 0.479. The molecule has 0 aliphatic carbocycles. The van der Waals surface area contributed by atoms with Crippen LogP contribution in [0.25, 0.3) is 10.9 Å². The van der Waals surface area contributed by atoms with Crippen LogP contribution >= 0.6 is 15.9 Å². The van der Waals surface area contributed by atoms with E-state index in [4.69, 9.17) is 0 Å².